The normalized spacial score (nSPS) is 11.7. The highest BCUT2D eigenvalue weighted by Crippen LogP contribution is 1.99. The van der Waals surface area contributed by atoms with E-state index in [1.165, 1.54) is 7.05 Å². The Hall–Kier alpha value is -1.58. The minimum absolute atomic E-state index is 0.0309. The summed E-state index contributed by atoms with van der Waals surface area (Å²) in [6, 6.07) is 1.60. The molecule has 19 heavy (non-hydrogen) atoms. The Morgan fingerprint density at radius 1 is 1.53 bits per heavy atom. The summed E-state index contributed by atoms with van der Waals surface area (Å²) >= 11 is 0. The van der Waals surface area contributed by atoms with E-state index in [2.05, 4.69) is 14.7 Å². The number of hydrogen-bond acceptors (Lipinski definition) is 5. The van der Waals surface area contributed by atoms with E-state index in [0.717, 1.165) is 4.31 Å². The maximum Gasteiger partial charge on any atom is 0.304 e. The SMILES string of the molecule is Cc1nccc(CNS(=O)(=O)N(C)CCC(=O)O)n1. The van der Waals surface area contributed by atoms with Gasteiger partial charge in [-0.05, 0) is 13.0 Å². The average molecular weight is 288 g/mol. The maximum atomic E-state index is 11.8. The molecule has 0 amide bonds. The fourth-order valence-electron chi connectivity index (χ4n) is 1.25. The van der Waals surface area contributed by atoms with Crippen LogP contribution in [-0.2, 0) is 21.5 Å². The van der Waals surface area contributed by atoms with Crippen molar-refractivity contribution in [2.75, 3.05) is 13.6 Å². The minimum Gasteiger partial charge on any atom is -0.481 e. The molecule has 0 aromatic carbocycles. The largest absolute Gasteiger partial charge is 0.481 e. The third kappa shape index (κ3) is 5.28. The Morgan fingerprint density at radius 2 is 2.21 bits per heavy atom. The molecular weight excluding hydrogens is 272 g/mol. The van der Waals surface area contributed by atoms with Gasteiger partial charge >= 0.3 is 5.97 Å². The number of carbonyl (C=O) groups is 1. The number of nitrogens with zero attached hydrogens (tertiary/aromatic N) is 3. The highest BCUT2D eigenvalue weighted by molar-refractivity contribution is 7.87. The van der Waals surface area contributed by atoms with Gasteiger partial charge in [-0.25, -0.2) is 9.97 Å². The topological polar surface area (TPSA) is 112 Å². The summed E-state index contributed by atoms with van der Waals surface area (Å²) in [6.07, 6.45) is 1.30. The lowest BCUT2D eigenvalue weighted by atomic mass is 10.4. The van der Waals surface area contributed by atoms with Crippen molar-refractivity contribution in [3.05, 3.63) is 23.8 Å². The molecule has 0 saturated heterocycles. The molecule has 0 radical (unpaired) electrons. The molecule has 1 rings (SSSR count). The van der Waals surface area contributed by atoms with Crippen molar-refractivity contribution >= 4 is 16.2 Å². The van der Waals surface area contributed by atoms with Gasteiger partial charge in [0.25, 0.3) is 10.2 Å². The molecule has 0 aliphatic heterocycles. The van der Waals surface area contributed by atoms with Crippen LogP contribution >= 0.6 is 0 Å². The average Bonchev–Trinajstić information content (AvgIpc) is 2.33. The quantitative estimate of drug-likeness (QED) is 0.701. The van der Waals surface area contributed by atoms with Gasteiger partial charge in [0.1, 0.15) is 5.82 Å². The van der Waals surface area contributed by atoms with Gasteiger partial charge in [0.2, 0.25) is 0 Å². The predicted octanol–water partition coefficient (Wildman–Crippen LogP) is -0.474. The van der Waals surface area contributed by atoms with Crippen LogP contribution in [0, 0.1) is 6.92 Å². The zero-order chi connectivity index (χ0) is 14.5. The first-order valence-corrected chi connectivity index (χ1v) is 6.96. The van der Waals surface area contributed by atoms with Crippen LogP contribution in [0.25, 0.3) is 0 Å². The summed E-state index contributed by atoms with van der Waals surface area (Å²) < 4.78 is 26.9. The highest BCUT2D eigenvalue weighted by atomic mass is 32.2. The fourth-order valence-corrected chi connectivity index (χ4v) is 2.13. The van der Waals surface area contributed by atoms with Crippen molar-refractivity contribution in [3.8, 4) is 0 Å². The molecule has 8 nitrogen and oxygen atoms in total. The van der Waals surface area contributed by atoms with E-state index in [9.17, 15) is 13.2 Å². The molecule has 9 heteroatoms. The second-order valence-corrected chi connectivity index (χ2v) is 5.75. The zero-order valence-electron chi connectivity index (χ0n) is 10.7. The summed E-state index contributed by atoms with van der Waals surface area (Å²) in [5, 5.41) is 8.51. The molecule has 1 heterocycles. The van der Waals surface area contributed by atoms with Crippen LogP contribution in [0.15, 0.2) is 12.3 Å². The van der Waals surface area contributed by atoms with Crippen LogP contribution in [0.2, 0.25) is 0 Å². The van der Waals surface area contributed by atoms with E-state index in [0.29, 0.717) is 11.5 Å². The Kier molecular flexibility index (Phi) is 5.33. The van der Waals surface area contributed by atoms with Gasteiger partial charge in [0.05, 0.1) is 18.7 Å². The Balaban J connectivity index is 2.57. The van der Waals surface area contributed by atoms with Gasteiger partial charge in [-0.1, -0.05) is 0 Å². The number of carboxylic acids is 1. The van der Waals surface area contributed by atoms with Crippen LogP contribution < -0.4 is 4.72 Å². The molecule has 0 saturated carbocycles. The van der Waals surface area contributed by atoms with Crippen LogP contribution in [0.5, 0.6) is 0 Å². The third-order valence-electron chi connectivity index (χ3n) is 2.32. The summed E-state index contributed by atoms with van der Waals surface area (Å²) in [5.74, 6) is -0.496. The first-order valence-electron chi connectivity index (χ1n) is 5.52. The number of rotatable bonds is 7. The standard InChI is InChI=1S/C10H16N4O4S/c1-8-11-5-3-9(13-8)7-12-19(17,18)14(2)6-4-10(15)16/h3,5,12H,4,6-7H2,1-2H3,(H,15,16). The molecule has 0 atom stereocenters. The van der Waals surface area contributed by atoms with Crippen molar-refractivity contribution in [2.24, 2.45) is 0 Å². The van der Waals surface area contributed by atoms with Gasteiger partial charge in [0.15, 0.2) is 0 Å². The van der Waals surface area contributed by atoms with Gasteiger partial charge in [-0.2, -0.15) is 17.4 Å². The molecule has 0 bridgehead atoms. The number of carboxylic acid groups (broad SMARTS) is 1. The lowest BCUT2D eigenvalue weighted by molar-refractivity contribution is -0.137. The third-order valence-corrected chi connectivity index (χ3v) is 3.83. The molecule has 1 aromatic rings. The van der Waals surface area contributed by atoms with Crippen molar-refractivity contribution in [3.63, 3.8) is 0 Å². The van der Waals surface area contributed by atoms with Crippen LogP contribution in [0.3, 0.4) is 0 Å². The molecule has 0 aliphatic carbocycles. The summed E-state index contributed by atoms with van der Waals surface area (Å²) in [4.78, 5) is 18.4. The zero-order valence-corrected chi connectivity index (χ0v) is 11.5. The van der Waals surface area contributed by atoms with Crippen molar-refractivity contribution in [1.82, 2.24) is 19.0 Å². The smallest absolute Gasteiger partial charge is 0.304 e. The minimum atomic E-state index is -3.71. The van der Waals surface area contributed by atoms with Crippen molar-refractivity contribution in [2.45, 2.75) is 19.9 Å². The lowest BCUT2D eigenvalue weighted by Crippen LogP contribution is -2.39. The summed E-state index contributed by atoms with van der Waals surface area (Å²) in [6.45, 7) is 1.65. The molecule has 0 fully saturated rings. The number of hydrogen-bond donors (Lipinski definition) is 2. The number of aromatic nitrogens is 2. The van der Waals surface area contributed by atoms with E-state index in [1.807, 2.05) is 0 Å². The molecule has 0 spiro atoms. The molecule has 0 aliphatic rings. The molecule has 1 aromatic heterocycles. The first kappa shape index (κ1) is 15.5. The van der Waals surface area contributed by atoms with E-state index in [-0.39, 0.29) is 19.5 Å². The number of aryl methyl sites for hydroxylation is 1. The van der Waals surface area contributed by atoms with Crippen molar-refractivity contribution in [1.29, 1.82) is 0 Å². The first-order chi connectivity index (χ1) is 8.81. The monoisotopic (exact) mass is 288 g/mol. The van der Waals surface area contributed by atoms with Crippen LogP contribution in [-0.4, -0.2) is 47.4 Å². The summed E-state index contributed by atoms with van der Waals surface area (Å²) in [7, 11) is -2.39. The Bertz CT molecular complexity index is 546. The van der Waals surface area contributed by atoms with E-state index in [4.69, 9.17) is 5.11 Å². The molecular formula is C10H16N4O4S. The highest BCUT2D eigenvalue weighted by Gasteiger charge is 2.18. The second kappa shape index (κ2) is 6.55. The molecule has 0 unspecified atom stereocenters. The van der Waals surface area contributed by atoms with Gasteiger partial charge in [-0.3, -0.25) is 4.79 Å². The van der Waals surface area contributed by atoms with Gasteiger partial charge < -0.3 is 5.11 Å². The Labute approximate surface area is 111 Å². The lowest BCUT2D eigenvalue weighted by Gasteiger charge is -2.16. The van der Waals surface area contributed by atoms with Crippen LogP contribution in [0.1, 0.15) is 17.9 Å². The maximum absolute atomic E-state index is 11.8. The van der Waals surface area contributed by atoms with E-state index in [1.54, 1.807) is 19.2 Å². The molecule has 2 N–H and O–H groups in total. The van der Waals surface area contributed by atoms with E-state index < -0.39 is 16.2 Å². The van der Waals surface area contributed by atoms with Crippen molar-refractivity contribution < 1.29 is 18.3 Å². The van der Waals surface area contributed by atoms with Crippen LogP contribution in [0.4, 0.5) is 0 Å². The van der Waals surface area contributed by atoms with Gasteiger partial charge in [-0.15, -0.1) is 0 Å². The predicted molar refractivity (Wildman–Crippen MR) is 67.4 cm³/mol. The number of aliphatic carboxylic acids is 1. The number of nitrogens with one attached hydrogen (secondary N) is 1. The second-order valence-electron chi connectivity index (χ2n) is 3.89. The molecule has 106 valence electrons. The summed E-state index contributed by atoms with van der Waals surface area (Å²) in [5.41, 5.74) is 0.544. The Morgan fingerprint density at radius 3 is 2.79 bits per heavy atom. The fraction of sp³-hybridized carbons (Fsp3) is 0.500. The van der Waals surface area contributed by atoms with Gasteiger partial charge in [0, 0.05) is 19.8 Å². The van der Waals surface area contributed by atoms with E-state index >= 15 is 0 Å².